The second-order valence-corrected chi connectivity index (χ2v) is 4.57. The average Bonchev–Trinajstić information content (AvgIpc) is 2.12. The van der Waals surface area contributed by atoms with E-state index in [2.05, 4.69) is 32.2 Å². The van der Waals surface area contributed by atoms with Gasteiger partial charge in [0.05, 0.1) is 0 Å². The van der Waals surface area contributed by atoms with Crippen LogP contribution in [-0.2, 0) is 0 Å². The summed E-state index contributed by atoms with van der Waals surface area (Å²) in [5.41, 5.74) is 0. The molecule has 0 saturated carbocycles. The van der Waals surface area contributed by atoms with Gasteiger partial charge >= 0.3 is 0 Å². The highest BCUT2D eigenvalue weighted by Gasteiger charge is 2.00. The Morgan fingerprint density at radius 3 is 2.43 bits per heavy atom. The lowest BCUT2D eigenvalue weighted by molar-refractivity contribution is 0.470. The summed E-state index contributed by atoms with van der Waals surface area (Å²) >= 11 is 5.52. The molecule has 1 N–H and O–H groups in total. The van der Waals surface area contributed by atoms with Gasteiger partial charge in [-0.25, -0.2) is 0 Å². The van der Waals surface area contributed by atoms with Crippen molar-refractivity contribution in [1.29, 1.82) is 0 Å². The van der Waals surface area contributed by atoms with Crippen LogP contribution in [0.5, 0.6) is 0 Å². The van der Waals surface area contributed by atoms with E-state index in [4.69, 9.17) is 11.6 Å². The van der Waals surface area contributed by atoms with Gasteiger partial charge in [0, 0.05) is 18.5 Å². The minimum absolute atomic E-state index is 0.614. The molecule has 0 rings (SSSR count). The maximum Gasteiger partial charge on any atom is 0.0404 e. The van der Waals surface area contributed by atoms with E-state index in [1.54, 1.807) is 0 Å². The largest absolute Gasteiger partial charge is 0.311 e. The third-order valence-electron chi connectivity index (χ3n) is 2.26. The lowest BCUT2D eigenvalue weighted by atomic mass is 10.0. The predicted octanol–water partition coefficient (Wildman–Crippen LogP) is 3.59. The van der Waals surface area contributed by atoms with Crippen LogP contribution < -0.4 is 5.32 Å². The van der Waals surface area contributed by atoms with Crippen LogP contribution in [0.2, 0.25) is 0 Å². The monoisotopic (exact) mass is 217 g/mol. The molecular formula is C12H24ClN. The number of rotatable bonds is 8. The van der Waals surface area contributed by atoms with Gasteiger partial charge in [0.15, 0.2) is 0 Å². The van der Waals surface area contributed by atoms with Gasteiger partial charge in [0.1, 0.15) is 0 Å². The Bertz CT molecular complexity index is 143. The molecule has 0 aliphatic carbocycles. The molecule has 1 nitrogen and oxygen atoms in total. The van der Waals surface area contributed by atoms with E-state index in [0.29, 0.717) is 11.9 Å². The third kappa shape index (κ3) is 10.1. The van der Waals surface area contributed by atoms with Crippen molar-refractivity contribution in [2.45, 2.75) is 46.1 Å². The van der Waals surface area contributed by atoms with Gasteiger partial charge in [0.2, 0.25) is 0 Å². The molecule has 0 spiro atoms. The van der Waals surface area contributed by atoms with Gasteiger partial charge in [0.25, 0.3) is 0 Å². The molecule has 0 aromatic heterocycles. The SMILES string of the molecule is CC(C)CCCC(C)NC/C=C/CCl. The molecule has 1 atom stereocenters. The number of nitrogens with one attached hydrogen (secondary N) is 1. The van der Waals surface area contributed by atoms with Crippen molar-refractivity contribution in [2.24, 2.45) is 5.92 Å². The molecule has 2 heteroatoms. The molecule has 0 heterocycles. The van der Waals surface area contributed by atoms with Crippen molar-refractivity contribution in [2.75, 3.05) is 12.4 Å². The van der Waals surface area contributed by atoms with E-state index >= 15 is 0 Å². The zero-order valence-electron chi connectivity index (χ0n) is 9.72. The van der Waals surface area contributed by atoms with E-state index in [9.17, 15) is 0 Å². The van der Waals surface area contributed by atoms with Crippen LogP contribution in [0.4, 0.5) is 0 Å². The summed E-state index contributed by atoms with van der Waals surface area (Å²) in [6, 6.07) is 0.619. The molecule has 0 aliphatic heterocycles. The third-order valence-corrected chi connectivity index (χ3v) is 2.44. The molecule has 0 aliphatic rings. The Morgan fingerprint density at radius 1 is 1.14 bits per heavy atom. The fourth-order valence-corrected chi connectivity index (χ4v) is 1.48. The number of allylic oxidation sites excluding steroid dienone is 1. The highest BCUT2D eigenvalue weighted by Crippen LogP contribution is 2.07. The summed E-state index contributed by atoms with van der Waals surface area (Å²) in [4.78, 5) is 0. The van der Waals surface area contributed by atoms with E-state index in [-0.39, 0.29) is 0 Å². The van der Waals surface area contributed by atoms with Gasteiger partial charge in [-0.05, 0) is 19.3 Å². The fourth-order valence-electron chi connectivity index (χ4n) is 1.35. The zero-order valence-corrected chi connectivity index (χ0v) is 10.5. The maximum atomic E-state index is 5.52. The van der Waals surface area contributed by atoms with Crippen LogP contribution in [0.1, 0.15) is 40.0 Å². The normalized spacial score (nSPS) is 14.1. The Morgan fingerprint density at radius 2 is 1.86 bits per heavy atom. The standard InChI is InChI=1S/C12H24ClN/c1-11(2)7-6-8-12(3)14-10-5-4-9-13/h4-5,11-12,14H,6-10H2,1-3H3/b5-4+. The average molecular weight is 218 g/mol. The van der Waals surface area contributed by atoms with Gasteiger partial charge in [-0.1, -0.05) is 38.8 Å². The quantitative estimate of drug-likeness (QED) is 0.484. The molecular weight excluding hydrogens is 194 g/mol. The predicted molar refractivity (Wildman–Crippen MR) is 66.0 cm³/mol. The number of hydrogen-bond donors (Lipinski definition) is 1. The molecule has 0 aromatic carbocycles. The first-order valence-corrected chi connectivity index (χ1v) is 6.14. The smallest absolute Gasteiger partial charge is 0.0404 e. The molecule has 84 valence electrons. The molecule has 0 saturated heterocycles. The van der Waals surface area contributed by atoms with E-state index in [0.717, 1.165) is 12.5 Å². The van der Waals surface area contributed by atoms with Crippen LogP contribution in [0, 0.1) is 5.92 Å². The van der Waals surface area contributed by atoms with E-state index in [1.165, 1.54) is 19.3 Å². The molecule has 0 fully saturated rings. The van der Waals surface area contributed by atoms with Crippen LogP contribution >= 0.6 is 11.6 Å². The van der Waals surface area contributed by atoms with E-state index < -0.39 is 0 Å². The van der Waals surface area contributed by atoms with Crippen LogP contribution in [0.3, 0.4) is 0 Å². The Hall–Kier alpha value is -0.0100. The minimum Gasteiger partial charge on any atom is -0.311 e. The van der Waals surface area contributed by atoms with Crippen molar-refractivity contribution >= 4 is 11.6 Å². The maximum absolute atomic E-state index is 5.52. The number of alkyl halides is 1. The second-order valence-electron chi connectivity index (χ2n) is 4.26. The zero-order chi connectivity index (χ0) is 10.8. The summed E-state index contributed by atoms with van der Waals surface area (Å²) in [5.74, 6) is 1.45. The Kier molecular flexibility index (Phi) is 9.53. The first-order chi connectivity index (χ1) is 6.66. The molecule has 0 radical (unpaired) electrons. The highest BCUT2D eigenvalue weighted by atomic mass is 35.5. The van der Waals surface area contributed by atoms with Crippen molar-refractivity contribution in [3.8, 4) is 0 Å². The van der Waals surface area contributed by atoms with Crippen molar-refractivity contribution in [3.05, 3.63) is 12.2 Å². The summed E-state index contributed by atoms with van der Waals surface area (Å²) in [5, 5.41) is 3.45. The van der Waals surface area contributed by atoms with Gasteiger partial charge in [-0.15, -0.1) is 11.6 Å². The first-order valence-electron chi connectivity index (χ1n) is 5.61. The lowest BCUT2D eigenvalue weighted by Crippen LogP contribution is -2.25. The molecule has 14 heavy (non-hydrogen) atoms. The summed E-state index contributed by atoms with van der Waals surface area (Å²) < 4.78 is 0. The topological polar surface area (TPSA) is 12.0 Å². The molecule has 0 aromatic rings. The van der Waals surface area contributed by atoms with Crippen LogP contribution in [0.15, 0.2) is 12.2 Å². The summed E-state index contributed by atoms with van der Waals surface area (Å²) in [6.07, 6.45) is 8.00. The van der Waals surface area contributed by atoms with Crippen molar-refractivity contribution in [3.63, 3.8) is 0 Å². The van der Waals surface area contributed by atoms with E-state index in [1.807, 2.05) is 6.08 Å². The summed E-state index contributed by atoms with van der Waals surface area (Å²) in [6.45, 7) is 7.74. The first kappa shape index (κ1) is 14.0. The number of hydrogen-bond acceptors (Lipinski definition) is 1. The van der Waals surface area contributed by atoms with Crippen molar-refractivity contribution < 1.29 is 0 Å². The molecule has 1 unspecified atom stereocenters. The minimum atomic E-state index is 0.614. The Labute approximate surface area is 93.9 Å². The van der Waals surface area contributed by atoms with Crippen LogP contribution in [-0.4, -0.2) is 18.5 Å². The Balaban J connectivity index is 3.27. The van der Waals surface area contributed by atoms with Gasteiger partial charge in [-0.2, -0.15) is 0 Å². The molecule has 0 amide bonds. The second kappa shape index (κ2) is 9.54. The number of halogens is 1. The fraction of sp³-hybridized carbons (Fsp3) is 0.833. The molecule has 0 bridgehead atoms. The van der Waals surface area contributed by atoms with Gasteiger partial charge < -0.3 is 5.32 Å². The summed E-state index contributed by atoms with van der Waals surface area (Å²) in [7, 11) is 0. The lowest BCUT2D eigenvalue weighted by Gasteiger charge is -2.12. The van der Waals surface area contributed by atoms with Crippen molar-refractivity contribution in [1.82, 2.24) is 5.32 Å². The van der Waals surface area contributed by atoms with Gasteiger partial charge in [-0.3, -0.25) is 0 Å². The highest BCUT2D eigenvalue weighted by molar-refractivity contribution is 6.18. The van der Waals surface area contributed by atoms with Crippen LogP contribution in [0.25, 0.3) is 0 Å².